The SMILES string of the molecule is Cc1nnc(N[C@H](C)c2cccc(C#N)c2C(F)(F)F)c2cc(N3C[C@H]4CC[C@@H]3CO4)ncc12. The van der Waals surface area contributed by atoms with E-state index in [0.29, 0.717) is 18.1 Å². The van der Waals surface area contributed by atoms with Crippen molar-refractivity contribution < 1.29 is 17.9 Å². The Morgan fingerprint density at radius 3 is 2.71 bits per heavy atom. The second-order valence-corrected chi connectivity index (χ2v) is 8.81. The van der Waals surface area contributed by atoms with E-state index in [4.69, 9.17) is 4.74 Å². The first-order valence-corrected chi connectivity index (χ1v) is 11.1. The van der Waals surface area contributed by atoms with Gasteiger partial charge in [0.2, 0.25) is 0 Å². The van der Waals surface area contributed by atoms with Crippen molar-refractivity contribution in [3.8, 4) is 6.07 Å². The summed E-state index contributed by atoms with van der Waals surface area (Å²) in [5, 5.41) is 22.3. The Morgan fingerprint density at radius 2 is 2.06 bits per heavy atom. The van der Waals surface area contributed by atoms with Crippen LogP contribution in [0.15, 0.2) is 30.5 Å². The van der Waals surface area contributed by atoms with Gasteiger partial charge in [-0.1, -0.05) is 12.1 Å². The third-order valence-corrected chi connectivity index (χ3v) is 6.64. The number of piperidine rings is 1. The molecular formula is C24H23F3N6O. The molecule has 5 heterocycles. The van der Waals surface area contributed by atoms with E-state index in [2.05, 4.69) is 25.4 Å². The number of hydrogen-bond donors (Lipinski definition) is 1. The second kappa shape index (κ2) is 8.40. The van der Waals surface area contributed by atoms with Gasteiger partial charge >= 0.3 is 6.18 Å². The lowest BCUT2D eigenvalue weighted by atomic mass is 9.96. The van der Waals surface area contributed by atoms with Crippen LogP contribution in [-0.2, 0) is 10.9 Å². The zero-order chi connectivity index (χ0) is 24.0. The first kappa shape index (κ1) is 22.3. The Morgan fingerprint density at radius 1 is 1.24 bits per heavy atom. The number of benzene rings is 1. The normalized spacial score (nSPS) is 20.9. The molecule has 3 fully saturated rings. The van der Waals surface area contributed by atoms with Gasteiger partial charge in [0, 0.05) is 23.5 Å². The maximum Gasteiger partial charge on any atom is 0.418 e. The number of nitrogens with zero attached hydrogens (tertiary/aromatic N) is 5. The number of halogens is 3. The van der Waals surface area contributed by atoms with Gasteiger partial charge in [0.25, 0.3) is 0 Å². The van der Waals surface area contributed by atoms with Crippen LogP contribution >= 0.6 is 0 Å². The fourth-order valence-electron chi connectivity index (χ4n) is 4.88. The topological polar surface area (TPSA) is 87.0 Å². The van der Waals surface area contributed by atoms with Gasteiger partial charge in [-0.25, -0.2) is 4.98 Å². The summed E-state index contributed by atoms with van der Waals surface area (Å²) >= 11 is 0. The molecule has 3 aliphatic heterocycles. The predicted molar refractivity (Wildman–Crippen MR) is 120 cm³/mol. The first-order chi connectivity index (χ1) is 16.3. The standard InChI is InChI=1S/C24H23F3N6O/c1-13(18-5-3-4-15(9-28)22(18)24(25,26)27)30-23-19-8-21(29-10-20(19)14(2)31-32-23)33-11-17-7-6-16(33)12-34-17/h3-5,8,10,13,16-17H,6-7,11-12H2,1-2H3,(H,30,32)/t13-,16-,17-/m1/s1. The number of hydrogen-bond acceptors (Lipinski definition) is 7. The lowest BCUT2D eigenvalue weighted by molar-refractivity contribution is -0.138. The number of nitrogens with one attached hydrogen (secondary N) is 1. The van der Waals surface area contributed by atoms with Crippen LogP contribution in [-0.4, -0.2) is 40.5 Å². The zero-order valence-electron chi connectivity index (χ0n) is 18.7. The van der Waals surface area contributed by atoms with Crippen molar-refractivity contribution in [2.24, 2.45) is 0 Å². The number of morpholine rings is 1. The highest BCUT2D eigenvalue weighted by Gasteiger charge is 2.38. The van der Waals surface area contributed by atoms with Crippen molar-refractivity contribution in [2.75, 3.05) is 23.4 Å². The molecule has 0 radical (unpaired) electrons. The maximum absolute atomic E-state index is 13.8. The average molecular weight is 468 g/mol. The number of anilines is 2. The van der Waals surface area contributed by atoms with Gasteiger partial charge < -0.3 is 15.0 Å². The monoisotopic (exact) mass is 468 g/mol. The van der Waals surface area contributed by atoms with E-state index in [-0.39, 0.29) is 17.7 Å². The van der Waals surface area contributed by atoms with Crippen LogP contribution in [0, 0.1) is 18.3 Å². The molecular weight excluding hydrogens is 445 g/mol. The molecule has 0 amide bonds. The highest BCUT2D eigenvalue weighted by atomic mass is 19.4. The van der Waals surface area contributed by atoms with Crippen LogP contribution in [0.1, 0.15) is 48.2 Å². The van der Waals surface area contributed by atoms with Crippen LogP contribution < -0.4 is 10.2 Å². The predicted octanol–water partition coefficient (Wildman–Crippen LogP) is 4.76. The summed E-state index contributed by atoms with van der Waals surface area (Å²) < 4.78 is 47.2. The van der Waals surface area contributed by atoms with Crippen LogP contribution in [0.5, 0.6) is 0 Å². The molecule has 6 rings (SSSR count). The summed E-state index contributed by atoms with van der Waals surface area (Å²) in [6, 6.07) is 7.06. The summed E-state index contributed by atoms with van der Waals surface area (Å²) in [5.74, 6) is 1.15. The van der Waals surface area contributed by atoms with Crippen LogP contribution in [0.3, 0.4) is 0 Å². The summed E-state index contributed by atoms with van der Waals surface area (Å²) in [5.41, 5.74) is -0.694. The fraction of sp³-hybridized carbons (Fsp3) is 0.417. The molecule has 0 spiro atoms. The summed E-state index contributed by atoms with van der Waals surface area (Å²) in [4.78, 5) is 6.88. The lowest BCUT2D eigenvalue weighted by Gasteiger charge is -2.45. The molecule has 0 aliphatic carbocycles. The Hall–Kier alpha value is -3.45. The molecule has 176 valence electrons. The van der Waals surface area contributed by atoms with Crippen molar-refractivity contribution in [2.45, 2.75) is 51.1 Å². The number of alkyl halides is 3. The van der Waals surface area contributed by atoms with Gasteiger partial charge in [0.1, 0.15) is 5.82 Å². The fourth-order valence-corrected chi connectivity index (χ4v) is 4.88. The molecule has 3 saturated heterocycles. The second-order valence-electron chi connectivity index (χ2n) is 8.81. The number of pyridine rings is 1. The highest BCUT2D eigenvalue weighted by molar-refractivity contribution is 5.94. The molecule has 1 aromatic carbocycles. The van der Waals surface area contributed by atoms with Crippen LogP contribution in [0.25, 0.3) is 10.8 Å². The molecule has 2 bridgehead atoms. The van der Waals surface area contributed by atoms with E-state index in [1.165, 1.54) is 18.2 Å². The lowest BCUT2D eigenvalue weighted by Crippen LogP contribution is -2.54. The molecule has 7 nitrogen and oxygen atoms in total. The minimum atomic E-state index is -4.66. The Balaban J connectivity index is 1.54. The average Bonchev–Trinajstić information content (AvgIpc) is 2.85. The van der Waals surface area contributed by atoms with E-state index in [1.54, 1.807) is 19.2 Å². The Kier molecular flexibility index (Phi) is 5.52. The largest absolute Gasteiger partial charge is 0.418 e. The summed E-state index contributed by atoms with van der Waals surface area (Å²) in [7, 11) is 0. The number of fused-ring (bicyclic) bond motifs is 4. The molecule has 3 atom stereocenters. The number of aryl methyl sites for hydroxylation is 1. The third kappa shape index (κ3) is 3.90. The molecule has 3 aromatic rings. The van der Waals surface area contributed by atoms with Crippen LogP contribution in [0.4, 0.5) is 24.8 Å². The smallest absolute Gasteiger partial charge is 0.374 e. The van der Waals surface area contributed by atoms with Crippen molar-refractivity contribution in [1.82, 2.24) is 15.2 Å². The van der Waals surface area contributed by atoms with Gasteiger partial charge in [-0.05, 0) is 44.4 Å². The highest BCUT2D eigenvalue weighted by Crippen LogP contribution is 2.39. The molecule has 1 N–H and O–H groups in total. The number of rotatable bonds is 4. The molecule has 34 heavy (non-hydrogen) atoms. The van der Waals surface area contributed by atoms with Crippen LogP contribution in [0.2, 0.25) is 0 Å². The van der Waals surface area contributed by atoms with E-state index >= 15 is 0 Å². The third-order valence-electron chi connectivity index (χ3n) is 6.64. The molecule has 0 saturated carbocycles. The number of ether oxygens (including phenoxy) is 1. The van der Waals surface area contributed by atoms with E-state index in [9.17, 15) is 18.4 Å². The van der Waals surface area contributed by atoms with Crippen molar-refractivity contribution >= 4 is 22.4 Å². The Labute approximate surface area is 194 Å². The number of nitriles is 1. The van der Waals surface area contributed by atoms with Crippen molar-refractivity contribution in [3.63, 3.8) is 0 Å². The minimum absolute atomic E-state index is 0.0261. The maximum atomic E-state index is 13.8. The molecule has 2 aromatic heterocycles. The quantitative estimate of drug-likeness (QED) is 0.591. The molecule has 3 aliphatic rings. The van der Waals surface area contributed by atoms with Crippen molar-refractivity contribution in [3.05, 3.63) is 52.8 Å². The van der Waals surface area contributed by atoms with Gasteiger partial charge in [0.05, 0.1) is 47.7 Å². The van der Waals surface area contributed by atoms with E-state index < -0.39 is 23.3 Å². The number of aromatic nitrogens is 3. The van der Waals surface area contributed by atoms with Gasteiger partial charge in [-0.2, -0.15) is 23.5 Å². The summed E-state index contributed by atoms with van der Waals surface area (Å²) in [6.45, 7) is 4.85. The molecule has 10 heteroatoms. The van der Waals surface area contributed by atoms with Gasteiger partial charge in [0.15, 0.2) is 5.82 Å². The minimum Gasteiger partial charge on any atom is -0.374 e. The van der Waals surface area contributed by atoms with E-state index in [1.807, 2.05) is 13.0 Å². The zero-order valence-corrected chi connectivity index (χ0v) is 18.7. The summed E-state index contributed by atoms with van der Waals surface area (Å²) in [6.07, 6.45) is -0.662. The first-order valence-electron chi connectivity index (χ1n) is 11.1. The molecule has 0 unspecified atom stereocenters. The van der Waals surface area contributed by atoms with Gasteiger partial charge in [-0.15, -0.1) is 5.10 Å². The van der Waals surface area contributed by atoms with Gasteiger partial charge in [-0.3, -0.25) is 0 Å². The van der Waals surface area contributed by atoms with Crippen molar-refractivity contribution in [1.29, 1.82) is 5.26 Å². The van der Waals surface area contributed by atoms with E-state index in [0.717, 1.165) is 36.0 Å². The Bertz CT molecular complexity index is 1280.